The molecule has 188 valence electrons. The predicted octanol–water partition coefficient (Wildman–Crippen LogP) is 2.52. The third kappa shape index (κ3) is 8.45. The Morgan fingerprint density at radius 2 is 1.63 bits per heavy atom. The molecule has 35 heavy (non-hydrogen) atoms. The van der Waals surface area contributed by atoms with E-state index in [0.717, 1.165) is 70.9 Å². The smallest absolute Gasteiger partial charge is 0.328 e. The fourth-order valence-corrected chi connectivity index (χ4v) is 4.97. The zero-order valence-electron chi connectivity index (χ0n) is 19.6. The summed E-state index contributed by atoms with van der Waals surface area (Å²) < 4.78 is 0. The van der Waals surface area contributed by atoms with Gasteiger partial charge in [-0.3, -0.25) is 9.69 Å². The van der Waals surface area contributed by atoms with Gasteiger partial charge in [-0.2, -0.15) is 0 Å². The van der Waals surface area contributed by atoms with Gasteiger partial charge in [-0.15, -0.1) is 11.3 Å². The molecule has 2 aliphatic heterocycles. The summed E-state index contributed by atoms with van der Waals surface area (Å²) in [5, 5.41) is 17.7. The lowest BCUT2D eigenvalue weighted by Crippen LogP contribution is -2.47. The Kier molecular flexibility index (Phi) is 10.2. The van der Waals surface area contributed by atoms with Crippen LogP contribution in [0.2, 0.25) is 0 Å². The number of rotatable bonds is 8. The topological polar surface area (TPSA) is 127 Å². The molecule has 0 aliphatic carbocycles. The molecule has 1 fully saturated rings. The Hall–Kier alpha value is -3.31. The minimum absolute atomic E-state index is 0.295. The molecular formula is C24H31N5O5S. The van der Waals surface area contributed by atoms with E-state index in [1.807, 2.05) is 11.0 Å². The Morgan fingerprint density at radius 3 is 2.29 bits per heavy atom. The Balaban J connectivity index is 0.000000371. The first-order chi connectivity index (χ1) is 16.9. The molecule has 4 heterocycles. The number of aromatic nitrogens is 2. The quantitative estimate of drug-likeness (QED) is 0.414. The minimum Gasteiger partial charge on any atom is -0.478 e. The number of carbonyl (C=O) groups excluding carboxylic acids is 1. The van der Waals surface area contributed by atoms with Crippen molar-refractivity contribution in [2.45, 2.75) is 32.1 Å². The number of hydrogen-bond donors (Lipinski definition) is 2. The normalized spacial score (nSPS) is 16.4. The summed E-state index contributed by atoms with van der Waals surface area (Å²) in [5.41, 5.74) is 1.17. The third-order valence-electron chi connectivity index (χ3n) is 5.79. The summed E-state index contributed by atoms with van der Waals surface area (Å²) >= 11 is 1.79. The average Bonchev–Trinajstić information content (AvgIpc) is 3.26. The SMILES string of the molecule is O=C(O)/C=C/C(=O)O.O=C1CCCc2sccc2N1CCCCN1CCN(c2ncccn2)CC1. The maximum atomic E-state index is 12.4. The molecule has 10 nitrogen and oxygen atoms in total. The number of carbonyl (C=O) groups is 3. The van der Waals surface area contributed by atoms with Gasteiger partial charge in [0.15, 0.2) is 0 Å². The number of fused-ring (bicyclic) bond motifs is 1. The summed E-state index contributed by atoms with van der Waals surface area (Å²) in [5.74, 6) is -1.38. The number of thiophene rings is 1. The zero-order valence-corrected chi connectivity index (χ0v) is 20.4. The van der Waals surface area contributed by atoms with E-state index in [2.05, 4.69) is 31.2 Å². The molecule has 0 atom stereocenters. The molecule has 0 unspecified atom stereocenters. The number of carboxylic acid groups (broad SMARTS) is 2. The zero-order chi connectivity index (χ0) is 25.0. The number of amides is 1. The van der Waals surface area contributed by atoms with E-state index in [0.29, 0.717) is 24.5 Å². The highest BCUT2D eigenvalue weighted by Crippen LogP contribution is 2.31. The molecule has 1 saturated heterocycles. The maximum absolute atomic E-state index is 12.4. The van der Waals surface area contributed by atoms with Crippen molar-refractivity contribution in [3.8, 4) is 0 Å². The van der Waals surface area contributed by atoms with Gasteiger partial charge in [0.1, 0.15) is 0 Å². The number of aryl methyl sites for hydroxylation is 1. The summed E-state index contributed by atoms with van der Waals surface area (Å²) in [6.45, 7) is 6.01. The second-order valence-corrected chi connectivity index (χ2v) is 9.22. The molecule has 2 aromatic heterocycles. The van der Waals surface area contributed by atoms with Crippen molar-refractivity contribution in [1.29, 1.82) is 0 Å². The molecule has 2 aromatic rings. The van der Waals surface area contributed by atoms with Crippen LogP contribution in [-0.2, 0) is 20.8 Å². The molecule has 0 radical (unpaired) electrons. The van der Waals surface area contributed by atoms with E-state index in [9.17, 15) is 14.4 Å². The number of carboxylic acids is 2. The number of unbranched alkanes of at least 4 members (excludes halogenated alkanes) is 1. The van der Waals surface area contributed by atoms with Gasteiger partial charge in [-0.25, -0.2) is 19.6 Å². The second-order valence-electron chi connectivity index (χ2n) is 8.22. The Labute approximate surface area is 208 Å². The van der Waals surface area contributed by atoms with Crippen LogP contribution in [0.3, 0.4) is 0 Å². The van der Waals surface area contributed by atoms with Crippen LogP contribution in [0, 0.1) is 0 Å². The highest BCUT2D eigenvalue weighted by Gasteiger charge is 2.23. The van der Waals surface area contributed by atoms with E-state index in [-0.39, 0.29) is 0 Å². The molecule has 4 rings (SSSR count). The first-order valence-corrected chi connectivity index (χ1v) is 12.6. The summed E-state index contributed by atoms with van der Waals surface area (Å²) in [7, 11) is 0. The fourth-order valence-electron chi connectivity index (χ4n) is 4.05. The highest BCUT2D eigenvalue weighted by molar-refractivity contribution is 7.10. The number of piperazine rings is 1. The van der Waals surface area contributed by atoms with Gasteiger partial charge in [0.05, 0.1) is 5.69 Å². The third-order valence-corrected chi connectivity index (χ3v) is 6.76. The van der Waals surface area contributed by atoms with E-state index < -0.39 is 11.9 Å². The first kappa shape index (κ1) is 26.3. The van der Waals surface area contributed by atoms with Crippen LogP contribution in [0.5, 0.6) is 0 Å². The lowest BCUT2D eigenvalue weighted by molar-refractivity contribution is -0.134. The number of hydrogen-bond acceptors (Lipinski definition) is 8. The largest absolute Gasteiger partial charge is 0.478 e. The van der Waals surface area contributed by atoms with Crippen molar-refractivity contribution in [3.05, 3.63) is 46.9 Å². The summed E-state index contributed by atoms with van der Waals surface area (Å²) in [6, 6.07) is 3.97. The summed E-state index contributed by atoms with van der Waals surface area (Å²) in [4.78, 5) is 48.4. The maximum Gasteiger partial charge on any atom is 0.328 e. The van der Waals surface area contributed by atoms with Crippen molar-refractivity contribution < 1.29 is 24.6 Å². The second kappa shape index (κ2) is 13.5. The number of nitrogens with zero attached hydrogens (tertiary/aromatic N) is 5. The van der Waals surface area contributed by atoms with Crippen molar-refractivity contribution >= 4 is 40.8 Å². The monoisotopic (exact) mass is 501 g/mol. The summed E-state index contributed by atoms with van der Waals surface area (Å²) in [6.07, 6.45) is 9.63. The molecule has 2 aliphatic rings. The average molecular weight is 502 g/mol. The van der Waals surface area contributed by atoms with Gasteiger partial charge in [0.25, 0.3) is 0 Å². The lowest BCUT2D eigenvalue weighted by atomic mass is 10.2. The Bertz CT molecular complexity index is 989. The van der Waals surface area contributed by atoms with Crippen LogP contribution >= 0.6 is 11.3 Å². The van der Waals surface area contributed by atoms with E-state index in [1.165, 1.54) is 10.6 Å². The highest BCUT2D eigenvalue weighted by atomic mass is 32.1. The number of anilines is 2. The Morgan fingerprint density at radius 1 is 0.971 bits per heavy atom. The molecule has 0 aromatic carbocycles. The van der Waals surface area contributed by atoms with Crippen LogP contribution in [0.4, 0.5) is 11.6 Å². The van der Waals surface area contributed by atoms with Crippen LogP contribution in [-0.4, -0.2) is 82.2 Å². The minimum atomic E-state index is -1.26. The van der Waals surface area contributed by atoms with Crippen LogP contribution in [0.25, 0.3) is 0 Å². The standard InChI is InChI=1S/C20H27N5OS.C4H4O4/c26-19-6-3-5-18-17(7-16-27-18)25(19)11-2-1-10-23-12-14-24(15-13-23)20-21-8-4-9-22-20;5-3(6)1-2-4(7)8/h4,7-9,16H,1-3,5-6,10-15H2;1-2H,(H,5,6)(H,7,8)/b;2-1+. The molecule has 0 spiro atoms. The predicted molar refractivity (Wildman–Crippen MR) is 134 cm³/mol. The van der Waals surface area contributed by atoms with E-state index in [4.69, 9.17) is 10.2 Å². The van der Waals surface area contributed by atoms with Crippen molar-refractivity contribution in [2.24, 2.45) is 0 Å². The van der Waals surface area contributed by atoms with E-state index in [1.54, 1.807) is 23.7 Å². The molecule has 2 N–H and O–H groups in total. The first-order valence-electron chi connectivity index (χ1n) is 11.7. The van der Waals surface area contributed by atoms with Gasteiger partial charge >= 0.3 is 11.9 Å². The molecule has 11 heteroatoms. The number of aliphatic carboxylic acids is 2. The van der Waals surface area contributed by atoms with Gasteiger partial charge in [-0.05, 0) is 49.7 Å². The van der Waals surface area contributed by atoms with Gasteiger partial charge < -0.3 is 20.0 Å². The van der Waals surface area contributed by atoms with Gasteiger partial charge in [0.2, 0.25) is 11.9 Å². The van der Waals surface area contributed by atoms with Gasteiger partial charge in [-0.1, -0.05) is 0 Å². The molecule has 0 saturated carbocycles. The molecular weight excluding hydrogens is 470 g/mol. The van der Waals surface area contributed by atoms with Crippen molar-refractivity contribution in [3.63, 3.8) is 0 Å². The van der Waals surface area contributed by atoms with Gasteiger partial charge in [0, 0.05) is 68.6 Å². The van der Waals surface area contributed by atoms with E-state index >= 15 is 0 Å². The van der Waals surface area contributed by atoms with Crippen molar-refractivity contribution in [2.75, 3.05) is 49.1 Å². The fraction of sp³-hybridized carbons (Fsp3) is 0.458. The molecule has 1 amide bonds. The molecule has 0 bridgehead atoms. The van der Waals surface area contributed by atoms with Crippen LogP contribution in [0.1, 0.15) is 30.6 Å². The van der Waals surface area contributed by atoms with Crippen LogP contribution < -0.4 is 9.80 Å². The van der Waals surface area contributed by atoms with Crippen molar-refractivity contribution in [1.82, 2.24) is 14.9 Å². The lowest BCUT2D eigenvalue weighted by Gasteiger charge is -2.34. The van der Waals surface area contributed by atoms with Crippen LogP contribution in [0.15, 0.2) is 42.1 Å².